The Kier molecular flexibility index (Phi) is 5.55. The van der Waals surface area contributed by atoms with Crippen LogP contribution in [-0.2, 0) is 4.79 Å². The SMILES string of the molecule is Cc1ccc(OC(C)C(=O)N/N=C/c2ccccc2Cl)cc1. The number of hydrogen-bond acceptors (Lipinski definition) is 3. The number of halogens is 1. The number of hydrazone groups is 1. The van der Waals surface area contributed by atoms with Gasteiger partial charge in [0, 0.05) is 10.6 Å². The molecule has 5 heteroatoms. The van der Waals surface area contributed by atoms with Gasteiger partial charge in [-0.1, -0.05) is 47.5 Å². The summed E-state index contributed by atoms with van der Waals surface area (Å²) in [6.07, 6.45) is 0.852. The van der Waals surface area contributed by atoms with Crippen LogP contribution in [0, 0.1) is 6.92 Å². The third kappa shape index (κ3) is 4.60. The smallest absolute Gasteiger partial charge is 0.280 e. The minimum atomic E-state index is -0.647. The molecule has 0 saturated carbocycles. The van der Waals surface area contributed by atoms with E-state index in [2.05, 4.69) is 10.5 Å². The van der Waals surface area contributed by atoms with Crippen LogP contribution in [0.25, 0.3) is 0 Å². The van der Waals surface area contributed by atoms with E-state index in [1.807, 2.05) is 49.4 Å². The zero-order valence-electron chi connectivity index (χ0n) is 12.4. The van der Waals surface area contributed by atoms with Crippen molar-refractivity contribution in [1.29, 1.82) is 0 Å². The zero-order chi connectivity index (χ0) is 15.9. The van der Waals surface area contributed by atoms with E-state index in [0.29, 0.717) is 10.8 Å². The Morgan fingerprint density at radius 1 is 1.23 bits per heavy atom. The summed E-state index contributed by atoms with van der Waals surface area (Å²) < 4.78 is 5.55. The van der Waals surface area contributed by atoms with Crippen LogP contribution < -0.4 is 10.2 Å². The summed E-state index contributed by atoms with van der Waals surface area (Å²) in [5, 5.41) is 4.46. The Morgan fingerprint density at radius 2 is 1.91 bits per heavy atom. The average Bonchev–Trinajstić information content (AvgIpc) is 2.51. The maximum atomic E-state index is 11.9. The van der Waals surface area contributed by atoms with Gasteiger partial charge < -0.3 is 4.74 Å². The summed E-state index contributed by atoms with van der Waals surface area (Å²) in [4.78, 5) is 11.9. The lowest BCUT2D eigenvalue weighted by atomic mass is 10.2. The maximum Gasteiger partial charge on any atom is 0.280 e. The largest absolute Gasteiger partial charge is 0.481 e. The molecule has 1 unspecified atom stereocenters. The molecule has 1 atom stereocenters. The highest BCUT2D eigenvalue weighted by molar-refractivity contribution is 6.33. The van der Waals surface area contributed by atoms with Crippen molar-refractivity contribution >= 4 is 23.7 Å². The molecule has 2 rings (SSSR count). The zero-order valence-corrected chi connectivity index (χ0v) is 13.2. The monoisotopic (exact) mass is 316 g/mol. The fourth-order valence-electron chi connectivity index (χ4n) is 1.71. The number of carbonyl (C=O) groups is 1. The van der Waals surface area contributed by atoms with Crippen molar-refractivity contribution in [1.82, 2.24) is 5.43 Å². The molecule has 0 saturated heterocycles. The fraction of sp³-hybridized carbons (Fsp3) is 0.176. The molecule has 0 aliphatic carbocycles. The molecule has 0 heterocycles. The van der Waals surface area contributed by atoms with Crippen molar-refractivity contribution in [3.63, 3.8) is 0 Å². The van der Waals surface area contributed by atoms with E-state index in [9.17, 15) is 4.79 Å². The van der Waals surface area contributed by atoms with Gasteiger partial charge in [-0.05, 0) is 32.0 Å². The van der Waals surface area contributed by atoms with Gasteiger partial charge in [0.25, 0.3) is 5.91 Å². The molecule has 0 bridgehead atoms. The van der Waals surface area contributed by atoms with Crippen LogP contribution in [0.4, 0.5) is 0 Å². The predicted molar refractivity (Wildman–Crippen MR) is 88.5 cm³/mol. The topological polar surface area (TPSA) is 50.7 Å². The first-order valence-electron chi connectivity index (χ1n) is 6.87. The third-order valence-corrected chi connectivity index (χ3v) is 3.33. The first kappa shape index (κ1) is 16.0. The van der Waals surface area contributed by atoms with Crippen molar-refractivity contribution in [2.45, 2.75) is 20.0 Å². The van der Waals surface area contributed by atoms with E-state index in [1.54, 1.807) is 13.0 Å². The lowest BCUT2D eigenvalue weighted by Gasteiger charge is -2.12. The highest BCUT2D eigenvalue weighted by Crippen LogP contribution is 2.14. The first-order valence-corrected chi connectivity index (χ1v) is 7.25. The summed E-state index contributed by atoms with van der Waals surface area (Å²) in [5.74, 6) is 0.312. The molecule has 2 aromatic rings. The van der Waals surface area contributed by atoms with E-state index >= 15 is 0 Å². The standard InChI is InChI=1S/C17H17ClN2O2/c1-12-7-9-15(10-8-12)22-13(2)17(21)20-19-11-14-5-3-4-6-16(14)18/h3-11,13H,1-2H3,(H,20,21)/b19-11+. The molecule has 1 amide bonds. The Bertz CT molecular complexity index is 669. The quantitative estimate of drug-likeness (QED) is 0.677. The van der Waals surface area contributed by atoms with Crippen LogP contribution in [0.15, 0.2) is 53.6 Å². The van der Waals surface area contributed by atoms with Crippen LogP contribution in [0.5, 0.6) is 5.75 Å². The Labute approximate surface area is 134 Å². The van der Waals surface area contributed by atoms with Crippen molar-refractivity contribution < 1.29 is 9.53 Å². The number of nitrogens with one attached hydrogen (secondary N) is 1. The molecule has 0 radical (unpaired) electrons. The van der Waals surface area contributed by atoms with E-state index in [-0.39, 0.29) is 5.91 Å². The number of nitrogens with zero attached hydrogens (tertiary/aromatic N) is 1. The minimum Gasteiger partial charge on any atom is -0.481 e. The third-order valence-electron chi connectivity index (χ3n) is 2.99. The number of benzene rings is 2. The number of hydrogen-bond donors (Lipinski definition) is 1. The maximum absolute atomic E-state index is 11.9. The van der Waals surface area contributed by atoms with E-state index in [0.717, 1.165) is 11.1 Å². The normalized spacial score (nSPS) is 12.1. The minimum absolute atomic E-state index is 0.330. The molecule has 0 aliphatic heterocycles. The first-order chi connectivity index (χ1) is 10.6. The van der Waals surface area contributed by atoms with Crippen molar-refractivity contribution in [2.24, 2.45) is 5.10 Å². The molecule has 0 fully saturated rings. The van der Waals surface area contributed by atoms with Crippen LogP contribution in [0.1, 0.15) is 18.1 Å². The summed E-state index contributed by atoms with van der Waals surface area (Å²) in [7, 11) is 0. The van der Waals surface area contributed by atoms with Crippen LogP contribution in [0.3, 0.4) is 0 Å². The van der Waals surface area contributed by atoms with Crippen LogP contribution >= 0.6 is 11.6 Å². The second-order valence-electron chi connectivity index (χ2n) is 4.83. The van der Waals surface area contributed by atoms with Gasteiger partial charge in [-0.25, -0.2) is 5.43 Å². The molecule has 1 N–H and O–H groups in total. The summed E-state index contributed by atoms with van der Waals surface area (Å²) in [6.45, 7) is 3.66. The molecule has 114 valence electrons. The molecule has 4 nitrogen and oxygen atoms in total. The highest BCUT2D eigenvalue weighted by Gasteiger charge is 2.13. The van der Waals surface area contributed by atoms with Gasteiger partial charge in [0.1, 0.15) is 5.75 Å². The van der Waals surface area contributed by atoms with Gasteiger partial charge >= 0.3 is 0 Å². The number of ether oxygens (including phenoxy) is 1. The second-order valence-corrected chi connectivity index (χ2v) is 5.24. The van der Waals surface area contributed by atoms with Crippen LogP contribution in [-0.4, -0.2) is 18.2 Å². The van der Waals surface area contributed by atoms with Crippen molar-refractivity contribution in [3.8, 4) is 5.75 Å². The van der Waals surface area contributed by atoms with E-state index in [1.165, 1.54) is 6.21 Å². The van der Waals surface area contributed by atoms with Gasteiger partial charge in [-0.15, -0.1) is 0 Å². The predicted octanol–water partition coefficient (Wildman–Crippen LogP) is 3.57. The number of amides is 1. The van der Waals surface area contributed by atoms with E-state index < -0.39 is 6.10 Å². The van der Waals surface area contributed by atoms with E-state index in [4.69, 9.17) is 16.3 Å². The lowest BCUT2D eigenvalue weighted by Crippen LogP contribution is -2.33. The average molecular weight is 317 g/mol. The highest BCUT2D eigenvalue weighted by atomic mass is 35.5. The van der Waals surface area contributed by atoms with Gasteiger partial charge in [0.2, 0.25) is 0 Å². The van der Waals surface area contributed by atoms with Gasteiger partial charge in [0.05, 0.1) is 6.21 Å². The molecule has 2 aromatic carbocycles. The van der Waals surface area contributed by atoms with Crippen LogP contribution in [0.2, 0.25) is 5.02 Å². The number of aryl methyl sites for hydroxylation is 1. The van der Waals surface area contributed by atoms with Crippen molar-refractivity contribution in [3.05, 3.63) is 64.7 Å². The summed E-state index contributed by atoms with van der Waals surface area (Å²) in [6, 6.07) is 14.7. The van der Waals surface area contributed by atoms with Gasteiger partial charge in [-0.2, -0.15) is 5.10 Å². The molecule has 0 aromatic heterocycles. The summed E-state index contributed by atoms with van der Waals surface area (Å²) in [5.41, 5.74) is 4.30. The van der Waals surface area contributed by atoms with Crippen molar-refractivity contribution in [2.75, 3.05) is 0 Å². The molecule has 22 heavy (non-hydrogen) atoms. The summed E-state index contributed by atoms with van der Waals surface area (Å²) >= 11 is 5.99. The molecular weight excluding hydrogens is 300 g/mol. The Hall–Kier alpha value is -2.33. The Morgan fingerprint density at radius 3 is 2.59 bits per heavy atom. The number of rotatable bonds is 5. The molecular formula is C17H17ClN2O2. The van der Waals surface area contributed by atoms with Gasteiger partial charge in [0.15, 0.2) is 6.10 Å². The molecule has 0 aliphatic rings. The lowest BCUT2D eigenvalue weighted by molar-refractivity contribution is -0.127. The molecule has 0 spiro atoms. The van der Waals surface area contributed by atoms with Gasteiger partial charge in [-0.3, -0.25) is 4.79 Å². The fourth-order valence-corrected chi connectivity index (χ4v) is 1.90. The number of carbonyl (C=O) groups excluding carboxylic acids is 1. The Balaban J connectivity index is 1.89. The second kappa shape index (κ2) is 7.61.